The molecule has 0 radical (unpaired) electrons. The molecule has 0 fully saturated rings. The van der Waals surface area contributed by atoms with E-state index in [0.717, 1.165) is 22.3 Å². The molecule has 3 heteroatoms. The van der Waals surface area contributed by atoms with Crippen LogP contribution in [0.3, 0.4) is 0 Å². The Morgan fingerprint density at radius 2 is 1.36 bits per heavy atom. The van der Waals surface area contributed by atoms with Gasteiger partial charge < -0.3 is 10.0 Å². The van der Waals surface area contributed by atoms with Crippen LogP contribution >= 0.6 is 11.6 Å². The Morgan fingerprint density at radius 1 is 0.840 bits per heavy atom. The summed E-state index contributed by atoms with van der Waals surface area (Å²) < 4.78 is 0. The van der Waals surface area contributed by atoms with Crippen molar-refractivity contribution in [3.63, 3.8) is 0 Å². The minimum absolute atomic E-state index is 0.614. The molecule has 0 saturated heterocycles. The molecule has 3 aromatic carbocycles. The van der Waals surface area contributed by atoms with Gasteiger partial charge in [0.1, 0.15) is 5.60 Å². The second kappa shape index (κ2) is 7.40. The Labute approximate surface area is 154 Å². The monoisotopic (exact) mass is 351 g/mol. The number of halogens is 1. The first-order chi connectivity index (χ1) is 12.0. The molecule has 0 saturated carbocycles. The van der Waals surface area contributed by atoms with Crippen molar-refractivity contribution in [1.82, 2.24) is 4.90 Å². The number of hydrogen-bond acceptors (Lipinski definition) is 2. The first kappa shape index (κ1) is 17.7. The first-order valence-electron chi connectivity index (χ1n) is 8.29. The zero-order valence-corrected chi connectivity index (χ0v) is 15.2. The van der Waals surface area contributed by atoms with Gasteiger partial charge in [-0.25, -0.2) is 0 Å². The van der Waals surface area contributed by atoms with Crippen LogP contribution in [0.4, 0.5) is 0 Å². The topological polar surface area (TPSA) is 23.5 Å². The summed E-state index contributed by atoms with van der Waals surface area (Å²) in [5.41, 5.74) is 2.24. The highest BCUT2D eigenvalue weighted by Gasteiger charge is 2.35. The average Bonchev–Trinajstić information content (AvgIpc) is 2.63. The molecule has 3 aromatic rings. The van der Waals surface area contributed by atoms with Gasteiger partial charge in [-0.15, -0.1) is 0 Å². The average molecular weight is 352 g/mol. The normalized spacial score (nSPS) is 11.7. The van der Waals surface area contributed by atoms with E-state index in [0.29, 0.717) is 11.6 Å². The number of benzene rings is 3. The van der Waals surface area contributed by atoms with Crippen LogP contribution < -0.4 is 0 Å². The molecule has 0 aliphatic carbocycles. The molecule has 25 heavy (non-hydrogen) atoms. The maximum atomic E-state index is 12.0. The maximum absolute atomic E-state index is 12.0. The molecule has 0 amide bonds. The Balaban J connectivity index is 2.28. The molecule has 0 unspecified atom stereocenters. The molecule has 0 heterocycles. The van der Waals surface area contributed by atoms with E-state index in [2.05, 4.69) is 4.90 Å². The molecule has 0 aliphatic heterocycles. The van der Waals surface area contributed by atoms with E-state index in [9.17, 15) is 5.11 Å². The molecule has 0 bridgehead atoms. The van der Waals surface area contributed by atoms with Crippen LogP contribution in [0.2, 0.25) is 5.02 Å². The predicted octanol–water partition coefficient (Wildman–Crippen LogP) is 4.69. The summed E-state index contributed by atoms with van der Waals surface area (Å²) in [4.78, 5) is 2.09. The third-order valence-corrected chi connectivity index (χ3v) is 4.57. The van der Waals surface area contributed by atoms with Crippen LogP contribution in [0.5, 0.6) is 0 Å². The van der Waals surface area contributed by atoms with Gasteiger partial charge in [-0.1, -0.05) is 78.3 Å². The summed E-state index contributed by atoms with van der Waals surface area (Å²) in [5.74, 6) is 0. The van der Waals surface area contributed by atoms with Gasteiger partial charge in [0.05, 0.1) is 0 Å². The van der Waals surface area contributed by atoms with E-state index in [1.54, 1.807) is 0 Å². The lowest BCUT2D eigenvalue weighted by Gasteiger charge is -2.32. The van der Waals surface area contributed by atoms with Gasteiger partial charge in [-0.2, -0.15) is 0 Å². The van der Waals surface area contributed by atoms with Gasteiger partial charge in [-0.3, -0.25) is 0 Å². The molecule has 0 spiro atoms. The van der Waals surface area contributed by atoms with E-state index >= 15 is 0 Å². The summed E-state index contributed by atoms with van der Waals surface area (Å²) in [6.07, 6.45) is 0. The second-order valence-electron chi connectivity index (χ2n) is 6.48. The number of rotatable bonds is 5. The van der Waals surface area contributed by atoms with E-state index in [1.807, 2.05) is 93.0 Å². The summed E-state index contributed by atoms with van der Waals surface area (Å²) in [6.45, 7) is 0.717. The molecule has 2 nitrogen and oxygen atoms in total. The fourth-order valence-corrected chi connectivity index (χ4v) is 3.37. The zero-order valence-electron chi connectivity index (χ0n) is 14.5. The summed E-state index contributed by atoms with van der Waals surface area (Å²) in [7, 11) is 4.03. The predicted molar refractivity (Wildman–Crippen MR) is 104 cm³/mol. The molecular formula is C22H22ClNO. The van der Waals surface area contributed by atoms with Crippen LogP contribution in [0, 0.1) is 0 Å². The van der Waals surface area contributed by atoms with E-state index in [-0.39, 0.29) is 0 Å². The highest BCUT2D eigenvalue weighted by molar-refractivity contribution is 6.30. The van der Waals surface area contributed by atoms with Crippen LogP contribution in [0.15, 0.2) is 78.9 Å². The van der Waals surface area contributed by atoms with Crippen LogP contribution in [0.25, 0.3) is 0 Å². The Hall–Kier alpha value is -2.13. The number of nitrogens with zero attached hydrogens (tertiary/aromatic N) is 1. The largest absolute Gasteiger partial charge is 0.376 e. The highest BCUT2D eigenvalue weighted by Crippen LogP contribution is 2.39. The third kappa shape index (κ3) is 3.62. The molecule has 0 aromatic heterocycles. The smallest absolute Gasteiger partial charge is 0.140 e. The highest BCUT2D eigenvalue weighted by atomic mass is 35.5. The van der Waals surface area contributed by atoms with Gasteiger partial charge in [0, 0.05) is 11.6 Å². The summed E-state index contributed by atoms with van der Waals surface area (Å²) in [6, 6.07) is 25.2. The Bertz CT molecular complexity index is 792. The first-order valence-corrected chi connectivity index (χ1v) is 8.66. The van der Waals surface area contributed by atoms with Gasteiger partial charge in [-0.05, 0) is 48.5 Å². The quantitative estimate of drug-likeness (QED) is 0.674. The van der Waals surface area contributed by atoms with Crippen molar-refractivity contribution in [1.29, 1.82) is 0 Å². The van der Waals surface area contributed by atoms with Gasteiger partial charge in [0.25, 0.3) is 0 Å². The van der Waals surface area contributed by atoms with Crippen molar-refractivity contribution in [2.75, 3.05) is 14.1 Å². The van der Waals surface area contributed by atoms with Gasteiger partial charge in [0.2, 0.25) is 0 Å². The Kier molecular flexibility index (Phi) is 5.24. The molecule has 3 rings (SSSR count). The minimum Gasteiger partial charge on any atom is -0.376 e. The van der Waals surface area contributed by atoms with E-state index in [1.165, 1.54) is 0 Å². The maximum Gasteiger partial charge on any atom is 0.140 e. The molecule has 0 atom stereocenters. The fraction of sp³-hybridized carbons (Fsp3) is 0.182. The van der Waals surface area contributed by atoms with E-state index in [4.69, 9.17) is 11.6 Å². The molecule has 1 N–H and O–H groups in total. The lowest BCUT2D eigenvalue weighted by atomic mass is 9.78. The summed E-state index contributed by atoms with van der Waals surface area (Å²) in [5, 5.41) is 12.6. The third-order valence-electron chi connectivity index (χ3n) is 4.33. The molecule has 0 aliphatic rings. The van der Waals surface area contributed by atoms with Crippen LogP contribution in [-0.2, 0) is 12.1 Å². The second-order valence-corrected chi connectivity index (χ2v) is 6.92. The van der Waals surface area contributed by atoms with Crippen molar-refractivity contribution in [2.24, 2.45) is 0 Å². The van der Waals surface area contributed by atoms with Crippen LogP contribution in [0.1, 0.15) is 22.3 Å². The standard InChI is InChI=1S/C22H22ClNO/c1-24(2)16-17-13-14-20(23)15-21(17)22(25,18-9-5-3-6-10-18)19-11-7-4-8-12-19/h3-15,25H,16H2,1-2H3. The molecular weight excluding hydrogens is 330 g/mol. The minimum atomic E-state index is -1.27. The lowest BCUT2D eigenvalue weighted by Crippen LogP contribution is -2.31. The zero-order chi connectivity index (χ0) is 17.9. The fourth-order valence-electron chi connectivity index (χ4n) is 3.20. The SMILES string of the molecule is CN(C)Cc1ccc(Cl)cc1C(O)(c1ccccc1)c1ccccc1. The van der Waals surface area contributed by atoms with Crippen molar-refractivity contribution in [2.45, 2.75) is 12.1 Å². The van der Waals surface area contributed by atoms with Gasteiger partial charge >= 0.3 is 0 Å². The van der Waals surface area contributed by atoms with E-state index < -0.39 is 5.60 Å². The number of aliphatic hydroxyl groups is 1. The Morgan fingerprint density at radius 3 is 1.84 bits per heavy atom. The number of hydrogen-bond donors (Lipinski definition) is 1. The van der Waals surface area contributed by atoms with Crippen molar-refractivity contribution >= 4 is 11.6 Å². The van der Waals surface area contributed by atoms with Crippen molar-refractivity contribution in [3.05, 3.63) is 106 Å². The molecule has 128 valence electrons. The lowest BCUT2D eigenvalue weighted by molar-refractivity contribution is 0.124. The van der Waals surface area contributed by atoms with Crippen LogP contribution in [-0.4, -0.2) is 24.1 Å². The van der Waals surface area contributed by atoms with Crippen molar-refractivity contribution < 1.29 is 5.11 Å². The van der Waals surface area contributed by atoms with Gasteiger partial charge in [0.15, 0.2) is 0 Å². The summed E-state index contributed by atoms with van der Waals surface area (Å²) >= 11 is 6.31. The van der Waals surface area contributed by atoms with Crippen molar-refractivity contribution in [3.8, 4) is 0 Å².